The Morgan fingerprint density at radius 3 is 2.54 bits per heavy atom. The van der Waals surface area contributed by atoms with E-state index < -0.39 is 0 Å². The smallest absolute Gasteiger partial charge is 0.251 e. The Balaban J connectivity index is 1.59. The van der Waals surface area contributed by atoms with Crippen molar-refractivity contribution in [2.75, 3.05) is 0 Å². The number of nitrogens with one attached hydrogen (secondary N) is 1. The number of hydrogen-bond donors (Lipinski definition) is 1. The highest BCUT2D eigenvalue weighted by Gasteiger charge is 2.07. The fourth-order valence-corrected chi connectivity index (χ4v) is 2.49. The van der Waals surface area contributed by atoms with Crippen molar-refractivity contribution >= 4 is 5.91 Å². The molecule has 0 aliphatic rings. The number of aromatic nitrogens is 1. The van der Waals surface area contributed by atoms with Crippen molar-refractivity contribution in [1.29, 1.82) is 0 Å². The van der Waals surface area contributed by atoms with Crippen LogP contribution in [0.4, 0.5) is 0 Å². The van der Waals surface area contributed by atoms with Gasteiger partial charge in [0.05, 0.1) is 0 Å². The molecule has 0 radical (unpaired) electrons. The third-order valence-electron chi connectivity index (χ3n) is 3.96. The van der Waals surface area contributed by atoms with E-state index in [4.69, 9.17) is 4.74 Å². The van der Waals surface area contributed by atoms with Gasteiger partial charge in [-0.3, -0.25) is 9.59 Å². The van der Waals surface area contributed by atoms with Crippen molar-refractivity contribution in [3.8, 4) is 5.75 Å². The van der Waals surface area contributed by atoms with E-state index in [-0.39, 0.29) is 11.5 Å². The molecule has 1 aromatic heterocycles. The topological polar surface area (TPSA) is 60.3 Å². The van der Waals surface area contributed by atoms with E-state index in [1.54, 1.807) is 19.3 Å². The van der Waals surface area contributed by atoms with Crippen LogP contribution in [0.5, 0.6) is 5.75 Å². The Hall–Kier alpha value is -3.34. The number of pyridine rings is 1. The van der Waals surface area contributed by atoms with Crippen molar-refractivity contribution in [2.45, 2.75) is 13.2 Å². The SMILES string of the molecule is Cn1ccc(C(=O)NCc2cccc(COc3ccccc3)c2)cc1=O. The summed E-state index contributed by atoms with van der Waals surface area (Å²) in [4.78, 5) is 23.8. The normalized spacial score (nSPS) is 10.3. The first-order valence-corrected chi connectivity index (χ1v) is 8.32. The van der Waals surface area contributed by atoms with Gasteiger partial charge in [0.25, 0.3) is 11.5 Å². The quantitative estimate of drug-likeness (QED) is 0.745. The Morgan fingerprint density at radius 2 is 1.77 bits per heavy atom. The molecule has 0 bridgehead atoms. The maximum atomic E-state index is 12.2. The number of para-hydroxylation sites is 1. The summed E-state index contributed by atoms with van der Waals surface area (Å²) in [5.41, 5.74) is 2.14. The van der Waals surface area contributed by atoms with Crippen LogP contribution in [0, 0.1) is 0 Å². The minimum absolute atomic E-state index is 0.210. The van der Waals surface area contributed by atoms with Gasteiger partial charge >= 0.3 is 0 Å². The Morgan fingerprint density at radius 1 is 1.00 bits per heavy atom. The van der Waals surface area contributed by atoms with Gasteiger partial charge in [-0.2, -0.15) is 0 Å². The highest BCUT2D eigenvalue weighted by atomic mass is 16.5. The number of amides is 1. The molecule has 3 rings (SSSR count). The molecule has 0 atom stereocenters. The van der Waals surface area contributed by atoms with E-state index in [1.165, 1.54) is 10.6 Å². The molecule has 3 aromatic rings. The average molecular weight is 348 g/mol. The number of carbonyl (C=O) groups is 1. The zero-order valence-electron chi connectivity index (χ0n) is 14.5. The van der Waals surface area contributed by atoms with Gasteiger partial charge in [0, 0.05) is 31.4 Å². The lowest BCUT2D eigenvalue weighted by molar-refractivity contribution is 0.0950. The molecule has 0 spiro atoms. The molecule has 5 heteroatoms. The lowest BCUT2D eigenvalue weighted by Crippen LogP contribution is -2.25. The Bertz CT molecular complexity index is 949. The highest BCUT2D eigenvalue weighted by molar-refractivity contribution is 5.93. The lowest BCUT2D eigenvalue weighted by atomic mass is 10.1. The van der Waals surface area contributed by atoms with Gasteiger partial charge in [-0.05, 0) is 29.3 Å². The molecule has 0 fully saturated rings. The molecule has 5 nitrogen and oxygen atoms in total. The van der Waals surface area contributed by atoms with Crippen LogP contribution in [0.1, 0.15) is 21.5 Å². The van der Waals surface area contributed by atoms with Gasteiger partial charge in [0.2, 0.25) is 0 Å². The second-order valence-electron chi connectivity index (χ2n) is 5.97. The first kappa shape index (κ1) is 17.5. The molecular formula is C21H20N2O3. The number of aryl methyl sites for hydroxylation is 1. The molecule has 0 saturated heterocycles. The third kappa shape index (κ3) is 4.60. The zero-order chi connectivity index (χ0) is 18.4. The number of benzene rings is 2. The fourth-order valence-electron chi connectivity index (χ4n) is 2.49. The third-order valence-corrected chi connectivity index (χ3v) is 3.96. The highest BCUT2D eigenvalue weighted by Crippen LogP contribution is 2.12. The largest absolute Gasteiger partial charge is 0.489 e. The molecule has 0 saturated carbocycles. The van der Waals surface area contributed by atoms with Crippen LogP contribution in [0.15, 0.2) is 77.7 Å². The summed E-state index contributed by atoms with van der Waals surface area (Å²) in [5.74, 6) is 0.547. The Kier molecular flexibility index (Phi) is 5.49. The Labute approximate surface area is 151 Å². The van der Waals surface area contributed by atoms with Crippen LogP contribution in [-0.4, -0.2) is 10.5 Å². The summed E-state index contributed by atoms with van der Waals surface area (Å²) in [6.45, 7) is 0.841. The molecule has 2 aromatic carbocycles. The van der Waals surface area contributed by atoms with E-state index in [0.29, 0.717) is 18.7 Å². The van der Waals surface area contributed by atoms with Crippen molar-refractivity contribution < 1.29 is 9.53 Å². The number of rotatable bonds is 6. The van der Waals surface area contributed by atoms with Crippen molar-refractivity contribution in [3.05, 3.63) is 100.0 Å². The van der Waals surface area contributed by atoms with Gasteiger partial charge in [-0.25, -0.2) is 0 Å². The van der Waals surface area contributed by atoms with Crippen LogP contribution in [-0.2, 0) is 20.2 Å². The number of ether oxygens (including phenoxy) is 1. The van der Waals surface area contributed by atoms with Gasteiger partial charge in [-0.15, -0.1) is 0 Å². The summed E-state index contributed by atoms with van der Waals surface area (Å²) in [5, 5.41) is 2.84. The van der Waals surface area contributed by atoms with Crippen molar-refractivity contribution in [2.24, 2.45) is 7.05 Å². The van der Waals surface area contributed by atoms with E-state index in [1.807, 2.05) is 54.6 Å². The maximum absolute atomic E-state index is 12.2. The van der Waals surface area contributed by atoms with Crippen LogP contribution in [0.2, 0.25) is 0 Å². The summed E-state index contributed by atoms with van der Waals surface area (Å²) < 4.78 is 7.17. The van der Waals surface area contributed by atoms with Crippen LogP contribution in [0.25, 0.3) is 0 Å². The lowest BCUT2D eigenvalue weighted by Gasteiger charge is -2.09. The van der Waals surface area contributed by atoms with Crippen LogP contribution < -0.4 is 15.6 Å². The van der Waals surface area contributed by atoms with Crippen molar-refractivity contribution in [1.82, 2.24) is 9.88 Å². The molecule has 0 aliphatic carbocycles. The summed E-state index contributed by atoms with van der Waals surface area (Å²) in [7, 11) is 1.65. The van der Waals surface area contributed by atoms with E-state index in [9.17, 15) is 9.59 Å². The second-order valence-corrected chi connectivity index (χ2v) is 5.97. The fraction of sp³-hybridized carbons (Fsp3) is 0.143. The number of carbonyl (C=O) groups excluding carboxylic acids is 1. The number of hydrogen-bond acceptors (Lipinski definition) is 3. The predicted octanol–water partition coefficient (Wildman–Crippen LogP) is 2.89. The van der Waals surface area contributed by atoms with Gasteiger partial charge in [0.1, 0.15) is 12.4 Å². The van der Waals surface area contributed by atoms with Crippen LogP contribution in [0.3, 0.4) is 0 Å². The maximum Gasteiger partial charge on any atom is 0.251 e. The van der Waals surface area contributed by atoms with Gasteiger partial charge < -0.3 is 14.6 Å². The van der Waals surface area contributed by atoms with Gasteiger partial charge in [0.15, 0.2) is 0 Å². The minimum Gasteiger partial charge on any atom is -0.489 e. The summed E-state index contributed by atoms with van der Waals surface area (Å²) in [6.07, 6.45) is 1.58. The van der Waals surface area contributed by atoms with Crippen molar-refractivity contribution in [3.63, 3.8) is 0 Å². The molecule has 0 aliphatic heterocycles. The predicted molar refractivity (Wildman–Crippen MR) is 100 cm³/mol. The molecule has 0 unspecified atom stereocenters. The minimum atomic E-state index is -0.270. The molecule has 26 heavy (non-hydrogen) atoms. The standard InChI is InChI=1S/C21H20N2O3/c1-23-11-10-18(13-20(23)24)21(25)22-14-16-6-5-7-17(12-16)15-26-19-8-3-2-4-9-19/h2-13H,14-15H2,1H3,(H,22,25). The molecular weight excluding hydrogens is 328 g/mol. The van der Waals surface area contributed by atoms with E-state index >= 15 is 0 Å². The second kappa shape index (κ2) is 8.16. The first-order valence-electron chi connectivity index (χ1n) is 8.32. The summed E-state index contributed by atoms with van der Waals surface area (Å²) >= 11 is 0. The zero-order valence-corrected chi connectivity index (χ0v) is 14.5. The first-order chi connectivity index (χ1) is 12.6. The number of nitrogens with zero attached hydrogens (tertiary/aromatic N) is 1. The van der Waals surface area contributed by atoms with E-state index in [2.05, 4.69) is 5.32 Å². The summed E-state index contributed by atoms with van der Waals surface area (Å²) in [6, 6.07) is 20.4. The van der Waals surface area contributed by atoms with Crippen LogP contribution >= 0.6 is 0 Å². The average Bonchev–Trinajstić information content (AvgIpc) is 2.68. The van der Waals surface area contributed by atoms with E-state index in [0.717, 1.165) is 16.9 Å². The van der Waals surface area contributed by atoms with Gasteiger partial charge in [-0.1, -0.05) is 42.5 Å². The monoisotopic (exact) mass is 348 g/mol. The molecule has 1 amide bonds. The molecule has 1 N–H and O–H groups in total. The molecule has 132 valence electrons. The molecule has 1 heterocycles.